The van der Waals surface area contributed by atoms with Crippen LogP contribution in [0.25, 0.3) is 21.3 Å². The number of fused-ring (bicyclic) bond motifs is 2. The van der Waals surface area contributed by atoms with Gasteiger partial charge >= 0.3 is 5.97 Å². The molecule has 10 rings (SSSR count). The molecule has 4 bridgehead atoms. The molecule has 4 aromatic heterocycles. The monoisotopic (exact) mass is 664 g/mol. The number of para-hydroxylation sites is 1. The zero-order valence-electron chi connectivity index (χ0n) is 26.8. The molecule has 0 amide bonds. The van der Waals surface area contributed by atoms with Gasteiger partial charge in [0.25, 0.3) is 5.88 Å². The van der Waals surface area contributed by atoms with Gasteiger partial charge in [0.05, 0.1) is 36.3 Å². The number of nitrogens with one attached hydrogen (secondary N) is 1. The number of nitrogens with zero attached hydrogens (tertiary/aromatic N) is 7. The Hall–Kier alpha value is -4.78. The average molecular weight is 665 g/mol. The van der Waals surface area contributed by atoms with E-state index in [0.717, 1.165) is 45.8 Å². The molecule has 48 heavy (non-hydrogen) atoms. The van der Waals surface area contributed by atoms with E-state index in [2.05, 4.69) is 20.0 Å². The first-order valence-electron chi connectivity index (χ1n) is 16.6. The number of carboxylic acid groups (broad SMARTS) is 1. The van der Waals surface area contributed by atoms with Crippen molar-refractivity contribution in [3.63, 3.8) is 0 Å². The van der Waals surface area contributed by atoms with Gasteiger partial charge in [0, 0.05) is 29.6 Å². The highest BCUT2D eigenvalue weighted by molar-refractivity contribution is 7.22. The number of rotatable bonds is 8. The molecule has 0 radical (unpaired) electrons. The van der Waals surface area contributed by atoms with Crippen LogP contribution in [0.15, 0.2) is 42.9 Å². The van der Waals surface area contributed by atoms with Crippen LogP contribution >= 0.6 is 11.3 Å². The standard InChI is InChI=1S/C35H36N8O4S/c1-19-23(16-38-43(19)18-35-12-20-9-21(13-35)11-22(10-20)14-35)24-15-37-31-29(28(24)33(44)45)47-8-7-42(31)27-17-36-30(32(40-27)46-2)41-34-39-25-5-3-4-6-26(25)48-34/h3-6,15-17,20-22H,7-14,18H2,1-2H3,(H,44,45)(H,36,39,41). The number of methoxy groups -OCH3 is 1. The Kier molecular flexibility index (Phi) is 6.82. The molecule has 0 atom stereocenters. The van der Waals surface area contributed by atoms with Gasteiger partial charge in [0.2, 0.25) is 0 Å². The number of aromatic carboxylic acids is 1. The summed E-state index contributed by atoms with van der Waals surface area (Å²) in [5.74, 6) is 3.20. The molecule has 0 spiro atoms. The lowest BCUT2D eigenvalue weighted by atomic mass is 9.49. The van der Waals surface area contributed by atoms with Gasteiger partial charge in [-0.15, -0.1) is 0 Å². The molecule has 13 heteroatoms. The van der Waals surface area contributed by atoms with Crippen LogP contribution in [-0.4, -0.2) is 61.1 Å². The molecule has 0 saturated heterocycles. The van der Waals surface area contributed by atoms with Gasteiger partial charge in [-0.25, -0.2) is 19.7 Å². The summed E-state index contributed by atoms with van der Waals surface area (Å²) in [4.78, 5) is 33.4. The molecule has 4 fully saturated rings. The third-order valence-corrected chi connectivity index (χ3v) is 11.8. The fourth-order valence-electron chi connectivity index (χ4n) is 9.22. The Morgan fingerprint density at radius 2 is 1.83 bits per heavy atom. The molecule has 1 aliphatic heterocycles. The van der Waals surface area contributed by atoms with E-state index in [-0.39, 0.29) is 23.8 Å². The van der Waals surface area contributed by atoms with Crippen LogP contribution in [0, 0.1) is 30.1 Å². The first-order valence-corrected chi connectivity index (χ1v) is 17.4. The summed E-state index contributed by atoms with van der Waals surface area (Å²) >= 11 is 1.51. The second-order valence-corrected chi connectivity index (χ2v) is 15.0. The van der Waals surface area contributed by atoms with Crippen LogP contribution in [0.2, 0.25) is 0 Å². The number of hydrogen-bond acceptors (Lipinski definition) is 11. The number of aromatic nitrogens is 6. The first kappa shape index (κ1) is 29.4. The maximum atomic E-state index is 12.9. The van der Waals surface area contributed by atoms with E-state index in [9.17, 15) is 9.90 Å². The highest BCUT2D eigenvalue weighted by atomic mass is 32.1. The molecule has 0 unspecified atom stereocenters. The maximum absolute atomic E-state index is 12.9. The topological polar surface area (TPSA) is 140 Å². The van der Waals surface area contributed by atoms with Crippen molar-refractivity contribution in [3.8, 4) is 22.8 Å². The smallest absolute Gasteiger partial charge is 0.340 e. The summed E-state index contributed by atoms with van der Waals surface area (Å²) in [5.41, 5.74) is 3.47. The van der Waals surface area contributed by atoms with Gasteiger partial charge < -0.3 is 24.8 Å². The Labute approximate surface area is 281 Å². The molecule has 2 N–H and O–H groups in total. The van der Waals surface area contributed by atoms with Crippen molar-refractivity contribution in [3.05, 3.63) is 54.1 Å². The molecule has 5 heterocycles. The number of carbonyl (C=O) groups is 1. The average Bonchev–Trinajstić information content (AvgIpc) is 3.65. The van der Waals surface area contributed by atoms with E-state index < -0.39 is 5.97 Å². The third kappa shape index (κ3) is 4.85. The quantitative estimate of drug-likeness (QED) is 0.180. The Balaban J connectivity index is 1.02. The van der Waals surface area contributed by atoms with Crippen molar-refractivity contribution in [2.24, 2.45) is 23.2 Å². The molecule has 5 aromatic rings. The predicted molar refractivity (Wildman–Crippen MR) is 182 cm³/mol. The number of benzene rings is 1. The van der Waals surface area contributed by atoms with Crippen LogP contribution in [0.5, 0.6) is 11.6 Å². The summed E-state index contributed by atoms with van der Waals surface area (Å²) in [6.07, 6.45) is 13.1. The van der Waals surface area contributed by atoms with Crippen LogP contribution in [0.3, 0.4) is 0 Å². The van der Waals surface area contributed by atoms with Crippen molar-refractivity contribution in [2.75, 3.05) is 30.5 Å². The van der Waals surface area contributed by atoms with Crippen LogP contribution in [0.4, 0.5) is 22.6 Å². The molecule has 12 nitrogen and oxygen atoms in total. The lowest BCUT2D eigenvalue weighted by Gasteiger charge is -2.56. The molecular formula is C35H36N8O4S. The number of hydrogen-bond donors (Lipinski definition) is 2. The molecule has 246 valence electrons. The van der Waals surface area contributed by atoms with E-state index in [0.29, 0.717) is 40.1 Å². The van der Waals surface area contributed by atoms with Crippen molar-refractivity contribution in [2.45, 2.75) is 52.0 Å². The van der Waals surface area contributed by atoms with Crippen molar-refractivity contribution in [1.29, 1.82) is 0 Å². The van der Waals surface area contributed by atoms with Gasteiger partial charge in [0.1, 0.15) is 12.2 Å². The SMILES string of the molecule is COc1nc(N2CCOc3c2ncc(-c2cnn(CC45CC6CC(CC(C6)C4)C5)c2C)c3C(=O)O)cnc1Nc1nc2ccccc2s1. The van der Waals surface area contributed by atoms with E-state index >= 15 is 0 Å². The van der Waals surface area contributed by atoms with Gasteiger partial charge in [-0.05, 0) is 80.8 Å². The number of pyridine rings is 1. The summed E-state index contributed by atoms with van der Waals surface area (Å²) in [7, 11) is 1.53. The van der Waals surface area contributed by atoms with E-state index in [4.69, 9.17) is 24.5 Å². The highest BCUT2D eigenvalue weighted by Gasteiger charge is 2.51. The Bertz CT molecular complexity index is 2010. The van der Waals surface area contributed by atoms with Crippen LogP contribution in [-0.2, 0) is 6.54 Å². The second kappa shape index (κ2) is 11.1. The third-order valence-electron chi connectivity index (χ3n) is 10.8. The van der Waals surface area contributed by atoms with Crippen LogP contribution < -0.4 is 19.7 Å². The summed E-state index contributed by atoms with van der Waals surface area (Å²) < 4.78 is 14.8. The molecule has 1 aromatic carbocycles. The van der Waals surface area contributed by atoms with Crippen molar-refractivity contribution in [1.82, 2.24) is 29.7 Å². The number of thiazole rings is 1. The minimum Gasteiger partial charge on any atom is -0.487 e. The largest absolute Gasteiger partial charge is 0.487 e. The summed E-state index contributed by atoms with van der Waals surface area (Å²) in [5, 5.41) is 19.3. The minimum atomic E-state index is -1.09. The van der Waals surface area contributed by atoms with Gasteiger partial charge in [0.15, 0.2) is 28.3 Å². The normalized spacial score (nSPS) is 24.0. The fraction of sp³-hybridized carbons (Fsp3) is 0.429. The zero-order chi connectivity index (χ0) is 32.6. The molecule has 4 saturated carbocycles. The maximum Gasteiger partial charge on any atom is 0.340 e. The molecule has 5 aliphatic rings. The molecule has 4 aliphatic carbocycles. The summed E-state index contributed by atoms with van der Waals surface area (Å²) in [6.45, 7) is 3.58. The van der Waals surface area contributed by atoms with Crippen molar-refractivity contribution < 1.29 is 19.4 Å². The molecular weight excluding hydrogens is 629 g/mol. The highest BCUT2D eigenvalue weighted by Crippen LogP contribution is 2.60. The fourth-order valence-corrected chi connectivity index (χ4v) is 10.1. The Morgan fingerprint density at radius 3 is 2.56 bits per heavy atom. The second-order valence-electron chi connectivity index (χ2n) is 13.9. The lowest BCUT2D eigenvalue weighted by molar-refractivity contribution is -0.0638. The summed E-state index contributed by atoms with van der Waals surface area (Å²) in [6, 6.07) is 7.90. The number of anilines is 4. The first-order chi connectivity index (χ1) is 23.4. The predicted octanol–water partition coefficient (Wildman–Crippen LogP) is 6.85. The van der Waals surface area contributed by atoms with E-state index in [1.807, 2.05) is 36.1 Å². The lowest BCUT2D eigenvalue weighted by Crippen LogP contribution is -2.48. The van der Waals surface area contributed by atoms with Gasteiger partial charge in [-0.3, -0.25) is 4.68 Å². The van der Waals surface area contributed by atoms with Crippen LogP contribution in [0.1, 0.15) is 54.6 Å². The number of carboxylic acids is 1. The van der Waals surface area contributed by atoms with Gasteiger partial charge in [-0.1, -0.05) is 23.5 Å². The minimum absolute atomic E-state index is 0.0659. The number of ether oxygens (including phenoxy) is 2. The van der Waals surface area contributed by atoms with E-state index in [1.165, 1.54) is 57.0 Å². The zero-order valence-corrected chi connectivity index (χ0v) is 27.7. The van der Waals surface area contributed by atoms with Gasteiger partial charge in [-0.2, -0.15) is 10.1 Å². The Morgan fingerprint density at radius 1 is 1.06 bits per heavy atom. The van der Waals surface area contributed by atoms with E-state index in [1.54, 1.807) is 18.6 Å². The van der Waals surface area contributed by atoms with Crippen molar-refractivity contribution >= 4 is 50.1 Å².